The van der Waals surface area contributed by atoms with Gasteiger partial charge in [-0.1, -0.05) is 37.0 Å². The minimum Gasteiger partial charge on any atom is -0.396 e. The van der Waals surface area contributed by atoms with E-state index < -0.39 is 0 Å². The number of aliphatic hydroxyl groups excluding tert-OH is 1. The highest BCUT2D eigenvalue weighted by molar-refractivity contribution is 6.34. The van der Waals surface area contributed by atoms with Crippen LogP contribution in [0.15, 0.2) is 6.07 Å². The van der Waals surface area contributed by atoms with Gasteiger partial charge in [-0.3, -0.25) is 4.79 Å². The van der Waals surface area contributed by atoms with Crippen LogP contribution in [0.25, 0.3) is 0 Å². The number of rotatable bonds is 5. The topological polar surface area (TPSA) is 75.1 Å². The third-order valence-corrected chi connectivity index (χ3v) is 2.99. The molecule has 0 spiro atoms. The maximum Gasteiger partial charge on any atom is 0.254 e. The zero-order valence-corrected chi connectivity index (χ0v) is 11.7. The molecule has 1 amide bonds. The second kappa shape index (κ2) is 6.87. The second-order valence-electron chi connectivity index (χ2n) is 4.21. The Hall–Kier alpha value is -0.910. The molecule has 0 radical (unpaired) electrons. The molecular weight excluding hydrogens is 277 g/mol. The summed E-state index contributed by atoms with van der Waals surface area (Å²) < 4.78 is 0. The first-order valence-corrected chi connectivity index (χ1v) is 6.31. The van der Waals surface area contributed by atoms with Gasteiger partial charge < -0.3 is 10.4 Å². The van der Waals surface area contributed by atoms with Crippen LogP contribution in [0.5, 0.6) is 0 Å². The van der Waals surface area contributed by atoms with Crippen LogP contribution in [-0.2, 0) is 0 Å². The Morgan fingerprint density at radius 1 is 1.44 bits per heavy atom. The van der Waals surface area contributed by atoms with Crippen LogP contribution in [0, 0.1) is 5.92 Å². The fourth-order valence-electron chi connectivity index (χ4n) is 1.47. The van der Waals surface area contributed by atoms with Gasteiger partial charge in [-0.05, 0) is 18.4 Å². The predicted molar refractivity (Wildman–Crippen MR) is 69.8 cm³/mol. The van der Waals surface area contributed by atoms with Gasteiger partial charge in [0.25, 0.3) is 5.91 Å². The summed E-state index contributed by atoms with van der Waals surface area (Å²) in [6.07, 6.45) is 0.479. The summed E-state index contributed by atoms with van der Waals surface area (Å²) >= 11 is 11.5. The molecule has 1 aromatic rings. The Kier molecular flexibility index (Phi) is 5.78. The minimum absolute atomic E-state index is 0.00315. The summed E-state index contributed by atoms with van der Waals surface area (Å²) in [6.45, 7) is 3.92. The van der Waals surface area contributed by atoms with Crippen molar-refractivity contribution >= 4 is 29.1 Å². The van der Waals surface area contributed by atoms with Crippen LogP contribution in [-0.4, -0.2) is 33.9 Å². The number of carbonyl (C=O) groups is 1. The Bertz CT molecular complexity index is 427. The SMILES string of the molecule is CC(C)C(CCO)NC(=O)c1cc(Cl)nnc1Cl. The molecule has 0 aromatic carbocycles. The standard InChI is InChI=1S/C11H15Cl2N3O2/c1-6(2)8(3-4-17)14-11(18)7-5-9(12)15-16-10(7)13/h5-6,8,17H,3-4H2,1-2H3,(H,14,18). The number of hydrogen-bond acceptors (Lipinski definition) is 4. The van der Waals surface area contributed by atoms with Crippen LogP contribution < -0.4 is 5.32 Å². The maximum atomic E-state index is 12.0. The third-order valence-electron chi connectivity index (χ3n) is 2.52. The summed E-state index contributed by atoms with van der Waals surface area (Å²) in [5, 5.41) is 19.0. The number of halogens is 2. The molecule has 1 heterocycles. The average molecular weight is 292 g/mol. The summed E-state index contributed by atoms with van der Waals surface area (Å²) in [5.41, 5.74) is 0.181. The number of aromatic nitrogens is 2. The number of nitrogens with one attached hydrogen (secondary N) is 1. The van der Waals surface area contributed by atoms with E-state index in [1.165, 1.54) is 6.07 Å². The molecule has 1 unspecified atom stereocenters. The second-order valence-corrected chi connectivity index (χ2v) is 4.95. The first-order valence-electron chi connectivity index (χ1n) is 5.56. The number of aliphatic hydroxyl groups is 1. The molecule has 0 fully saturated rings. The van der Waals surface area contributed by atoms with Crippen molar-refractivity contribution in [3.05, 3.63) is 21.9 Å². The van der Waals surface area contributed by atoms with Crippen LogP contribution >= 0.6 is 23.2 Å². The zero-order chi connectivity index (χ0) is 13.7. The molecule has 0 saturated heterocycles. The van der Waals surface area contributed by atoms with Gasteiger partial charge in [-0.25, -0.2) is 0 Å². The van der Waals surface area contributed by atoms with Crippen molar-refractivity contribution in [3.63, 3.8) is 0 Å². The molecule has 7 heteroatoms. The van der Waals surface area contributed by atoms with Crippen LogP contribution in [0.3, 0.4) is 0 Å². The summed E-state index contributed by atoms with van der Waals surface area (Å²) in [4.78, 5) is 12.0. The zero-order valence-electron chi connectivity index (χ0n) is 10.2. The lowest BCUT2D eigenvalue weighted by Gasteiger charge is -2.21. The van der Waals surface area contributed by atoms with Gasteiger partial charge in [0.1, 0.15) is 0 Å². The lowest BCUT2D eigenvalue weighted by molar-refractivity contribution is 0.0916. The molecule has 0 aliphatic heterocycles. The van der Waals surface area contributed by atoms with Gasteiger partial charge in [-0.2, -0.15) is 0 Å². The molecule has 0 aliphatic carbocycles. The Morgan fingerprint density at radius 3 is 2.67 bits per heavy atom. The van der Waals surface area contributed by atoms with Crippen LogP contribution in [0.4, 0.5) is 0 Å². The van der Waals surface area contributed by atoms with Crippen molar-refractivity contribution in [3.8, 4) is 0 Å². The van der Waals surface area contributed by atoms with Gasteiger partial charge in [0.2, 0.25) is 0 Å². The molecule has 5 nitrogen and oxygen atoms in total. The molecule has 1 rings (SSSR count). The van der Waals surface area contributed by atoms with Gasteiger partial charge in [-0.15, -0.1) is 10.2 Å². The molecule has 1 aromatic heterocycles. The number of amides is 1. The molecule has 0 bridgehead atoms. The summed E-state index contributed by atoms with van der Waals surface area (Å²) in [7, 11) is 0. The normalized spacial score (nSPS) is 12.6. The van der Waals surface area contributed by atoms with E-state index in [4.69, 9.17) is 28.3 Å². The summed E-state index contributed by atoms with van der Waals surface area (Å²) in [6, 6.07) is 1.23. The average Bonchev–Trinajstić information content (AvgIpc) is 2.31. The fourth-order valence-corrected chi connectivity index (χ4v) is 1.79. The monoisotopic (exact) mass is 291 g/mol. The van der Waals surface area contributed by atoms with E-state index >= 15 is 0 Å². The van der Waals surface area contributed by atoms with Crippen molar-refractivity contribution in [1.29, 1.82) is 0 Å². The first-order chi connectivity index (χ1) is 8.45. The van der Waals surface area contributed by atoms with E-state index in [9.17, 15) is 4.79 Å². The van der Waals surface area contributed by atoms with E-state index in [0.717, 1.165) is 0 Å². The molecule has 0 saturated carbocycles. The Morgan fingerprint density at radius 2 is 2.11 bits per heavy atom. The van der Waals surface area contributed by atoms with Gasteiger partial charge >= 0.3 is 0 Å². The van der Waals surface area contributed by atoms with E-state index in [2.05, 4.69) is 15.5 Å². The highest BCUT2D eigenvalue weighted by atomic mass is 35.5. The van der Waals surface area contributed by atoms with Crippen LogP contribution in [0.1, 0.15) is 30.6 Å². The smallest absolute Gasteiger partial charge is 0.254 e. The third kappa shape index (κ3) is 4.08. The van der Waals surface area contributed by atoms with Gasteiger partial charge in [0.05, 0.1) is 5.56 Å². The molecule has 1 atom stereocenters. The van der Waals surface area contributed by atoms with E-state index in [-0.39, 0.29) is 40.3 Å². The number of carbonyl (C=O) groups excluding carboxylic acids is 1. The predicted octanol–water partition coefficient (Wildman–Crippen LogP) is 1.92. The lowest BCUT2D eigenvalue weighted by atomic mass is 10.0. The largest absolute Gasteiger partial charge is 0.396 e. The fraction of sp³-hybridized carbons (Fsp3) is 0.545. The molecular formula is C11H15Cl2N3O2. The Balaban J connectivity index is 2.83. The molecule has 0 aliphatic rings. The Labute approximate surface area is 116 Å². The van der Waals surface area contributed by atoms with Crippen molar-refractivity contribution < 1.29 is 9.90 Å². The van der Waals surface area contributed by atoms with Gasteiger partial charge in [0, 0.05) is 12.6 Å². The molecule has 18 heavy (non-hydrogen) atoms. The van der Waals surface area contributed by atoms with Crippen molar-refractivity contribution in [1.82, 2.24) is 15.5 Å². The van der Waals surface area contributed by atoms with E-state index in [1.54, 1.807) is 0 Å². The number of hydrogen-bond donors (Lipinski definition) is 2. The van der Waals surface area contributed by atoms with Crippen LogP contribution in [0.2, 0.25) is 10.3 Å². The number of nitrogens with zero attached hydrogens (tertiary/aromatic N) is 2. The van der Waals surface area contributed by atoms with Crippen molar-refractivity contribution in [2.75, 3.05) is 6.61 Å². The van der Waals surface area contributed by atoms with Crippen molar-refractivity contribution in [2.24, 2.45) is 5.92 Å². The van der Waals surface area contributed by atoms with E-state index in [0.29, 0.717) is 6.42 Å². The van der Waals surface area contributed by atoms with Crippen molar-refractivity contribution in [2.45, 2.75) is 26.3 Å². The lowest BCUT2D eigenvalue weighted by Crippen LogP contribution is -2.39. The first kappa shape index (κ1) is 15.1. The quantitative estimate of drug-likeness (QED) is 0.869. The molecule has 2 N–H and O–H groups in total. The molecule has 100 valence electrons. The highest BCUT2D eigenvalue weighted by Crippen LogP contribution is 2.16. The van der Waals surface area contributed by atoms with E-state index in [1.807, 2.05) is 13.8 Å². The maximum absolute atomic E-state index is 12.0. The van der Waals surface area contributed by atoms with Gasteiger partial charge in [0.15, 0.2) is 10.3 Å². The summed E-state index contributed by atoms with van der Waals surface area (Å²) in [5.74, 6) is -0.172. The minimum atomic E-state index is -0.371. The highest BCUT2D eigenvalue weighted by Gasteiger charge is 2.19.